The van der Waals surface area contributed by atoms with Gasteiger partial charge in [0.05, 0.1) is 11.7 Å². The van der Waals surface area contributed by atoms with E-state index in [0.717, 1.165) is 17.7 Å². The summed E-state index contributed by atoms with van der Waals surface area (Å²) in [7, 11) is 0. The molecule has 0 bridgehead atoms. The Balaban J connectivity index is 1.79. The first kappa shape index (κ1) is 26.6. The van der Waals surface area contributed by atoms with Crippen molar-refractivity contribution in [1.29, 1.82) is 0 Å². The molecule has 3 N–H and O–H groups in total. The van der Waals surface area contributed by atoms with E-state index in [0.29, 0.717) is 29.8 Å². The third-order valence-corrected chi connectivity index (χ3v) is 5.40. The SMILES string of the molecule is C=Nc1c(NCC2C=CC=C(c3ccccn3)C=C2)nc(NC(CC)COC(C)=O)nc1NC(C)C. The fraction of sp³-hybridized carbons (Fsp3) is 0.370. The molecule has 2 aromatic heterocycles. The minimum atomic E-state index is -0.322. The number of esters is 1. The van der Waals surface area contributed by atoms with Crippen molar-refractivity contribution in [3.63, 3.8) is 0 Å². The second kappa shape index (κ2) is 13.2. The van der Waals surface area contributed by atoms with Crippen molar-refractivity contribution in [3.05, 3.63) is 60.5 Å². The van der Waals surface area contributed by atoms with Gasteiger partial charge in [0.25, 0.3) is 0 Å². The fourth-order valence-electron chi connectivity index (χ4n) is 3.53. The summed E-state index contributed by atoms with van der Waals surface area (Å²) >= 11 is 0. The van der Waals surface area contributed by atoms with Crippen molar-refractivity contribution in [3.8, 4) is 0 Å². The highest BCUT2D eigenvalue weighted by Crippen LogP contribution is 2.33. The van der Waals surface area contributed by atoms with E-state index in [1.807, 2.05) is 45.0 Å². The summed E-state index contributed by atoms with van der Waals surface area (Å²) in [6.07, 6.45) is 13.0. The molecule has 190 valence electrons. The first-order valence-electron chi connectivity index (χ1n) is 12.2. The molecule has 0 aromatic carbocycles. The minimum Gasteiger partial charge on any atom is -0.464 e. The molecule has 1 aliphatic rings. The summed E-state index contributed by atoms with van der Waals surface area (Å²) in [5, 5.41) is 10.0. The number of aliphatic imine (C=N–C) groups is 1. The molecular formula is C27H35N7O2. The van der Waals surface area contributed by atoms with E-state index in [2.05, 4.69) is 66.9 Å². The number of nitrogens with one attached hydrogen (secondary N) is 3. The topological polar surface area (TPSA) is 113 Å². The van der Waals surface area contributed by atoms with Gasteiger partial charge in [-0.05, 0) is 44.7 Å². The molecule has 2 atom stereocenters. The molecule has 0 radical (unpaired) electrons. The van der Waals surface area contributed by atoms with Gasteiger partial charge in [0, 0.05) is 31.6 Å². The highest BCUT2D eigenvalue weighted by Gasteiger charge is 2.18. The monoisotopic (exact) mass is 489 g/mol. The quantitative estimate of drug-likeness (QED) is 0.281. The van der Waals surface area contributed by atoms with Gasteiger partial charge >= 0.3 is 5.97 Å². The lowest BCUT2D eigenvalue weighted by molar-refractivity contribution is -0.141. The van der Waals surface area contributed by atoms with Crippen molar-refractivity contribution >= 4 is 41.5 Å². The fourth-order valence-corrected chi connectivity index (χ4v) is 3.53. The van der Waals surface area contributed by atoms with Crippen LogP contribution < -0.4 is 16.0 Å². The summed E-state index contributed by atoms with van der Waals surface area (Å²) in [6.45, 7) is 12.0. The van der Waals surface area contributed by atoms with Gasteiger partial charge in [0.1, 0.15) is 12.3 Å². The van der Waals surface area contributed by atoms with Crippen molar-refractivity contribution < 1.29 is 9.53 Å². The second-order valence-corrected chi connectivity index (χ2v) is 8.73. The number of carbonyl (C=O) groups is 1. The van der Waals surface area contributed by atoms with Gasteiger partial charge in [-0.2, -0.15) is 9.97 Å². The number of anilines is 3. The van der Waals surface area contributed by atoms with Crippen LogP contribution in [0.2, 0.25) is 0 Å². The third kappa shape index (κ3) is 7.76. The minimum absolute atomic E-state index is 0.125. The molecule has 9 heteroatoms. The first-order chi connectivity index (χ1) is 17.4. The molecule has 9 nitrogen and oxygen atoms in total. The molecule has 2 aromatic rings. The Bertz CT molecular complexity index is 1130. The molecule has 0 saturated heterocycles. The second-order valence-electron chi connectivity index (χ2n) is 8.73. The van der Waals surface area contributed by atoms with E-state index >= 15 is 0 Å². The summed E-state index contributed by atoms with van der Waals surface area (Å²) in [6, 6.07) is 5.89. The van der Waals surface area contributed by atoms with E-state index in [1.54, 1.807) is 6.20 Å². The summed E-state index contributed by atoms with van der Waals surface area (Å²) in [4.78, 5) is 29.2. The van der Waals surface area contributed by atoms with E-state index < -0.39 is 0 Å². The van der Waals surface area contributed by atoms with Crippen molar-refractivity contribution in [2.75, 3.05) is 29.1 Å². The van der Waals surface area contributed by atoms with Crippen LogP contribution in [0.25, 0.3) is 5.57 Å². The van der Waals surface area contributed by atoms with Gasteiger partial charge in [0.15, 0.2) is 11.6 Å². The highest BCUT2D eigenvalue weighted by atomic mass is 16.5. The maximum absolute atomic E-state index is 11.3. The van der Waals surface area contributed by atoms with Gasteiger partial charge in [-0.1, -0.05) is 43.4 Å². The van der Waals surface area contributed by atoms with Gasteiger partial charge in [-0.25, -0.2) is 0 Å². The molecule has 0 aliphatic heterocycles. The summed E-state index contributed by atoms with van der Waals surface area (Å²) in [5.74, 6) is 1.36. The lowest BCUT2D eigenvalue weighted by Crippen LogP contribution is -2.27. The molecule has 0 spiro atoms. The Morgan fingerprint density at radius 2 is 2.00 bits per heavy atom. The number of ether oxygens (including phenoxy) is 1. The maximum Gasteiger partial charge on any atom is 0.302 e. The smallest absolute Gasteiger partial charge is 0.302 e. The number of aromatic nitrogens is 3. The molecule has 2 heterocycles. The molecular weight excluding hydrogens is 454 g/mol. The van der Waals surface area contributed by atoms with Crippen molar-refractivity contribution in [1.82, 2.24) is 15.0 Å². The number of nitrogens with zero attached hydrogens (tertiary/aromatic N) is 4. The van der Waals surface area contributed by atoms with Crippen molar-refractivity contribution in [2.24, 2.45) is 10.9 Å². The van der Waals surface area contributed by atoms with Crippen LogP contribution in [-0.2, 0) is 9.53 Å². The van der Waals surface area contributed by atoms with E-state index in [1.165, 1.54) is 6.92 Å². The average Bonchev–Trinajstić information content (AvgIpc) is 3.11. The van der Waals surface area contributed by atoms with Crippen LogP contribution in [0.5, 0.6) is 0 Å². The van der Waals surface area contributed by atoms with Gasteiger partial charge in [0.2, 0.25) is 5.95 Å². The lowest BCUT2D eigenvalue weighted by Gasteiger charge is -2.20. The van der Waals surface area contributed by atoms with Crippen LogP contribution in [0, 0.1) is 5.92 Å². The summed E-state index contributed by atoms with van der Waals surface area (Å²) < 4.78 is 5.17. The Kier molecular flexibility index (Phi) is 9.73. The zero-order valence-electron chi connectivity index (χ0n) is 21.4. The third-order valence-electron chi connectivity index (χ3n) is 5.40. The Morgan fingerprint density at radius 3 is 2.67 bits per heavy atom. The highest BCUT2D eigenvalue weighted by molar-refractivity contribution is 5.78. The zero-order valence-corrected chi connectivity index (χ0v) is 21.4. The van der Waals surface area contributed by atoms with Crippen LogP contribution in [0.1, 0.15) is 39.8 Å². The Hall–Kier alpha value is -4.01. The predicted molar refractivity (Wildman–Crippen MR) is 147 cm³/mol. The van der Waals surface area contributed by atoms with Gasteiger partial charge < -0.3 is 20.7 Å². The molecule has 0 saturated carbocycles. The number of carbonyl (C=O) groups excluding carboxylic acids is 1. The molecule has 3 rings (SSSR count). The average molecular weight is 490 g/mol. The number of hydrogen-bond acceptors (Lipinski definition) is 9. The summed E-state index contributed by atoms with van der Waals surface area (Å²) in [5.41, 5.74) is 2.54. The van der Waals surface area contributed by atoms with Gasteiger partial charge in [-0.3, -0.25) is 14.8 Å². The van der Waals surface area contributed by atoms with E-state index in [4.69, 9.17) is 4.74 Å². The van der Waals surface area contributed by atoms with Crippen LogP contribution in [-0.4, -0.2) is 52.9 Å². The number of allylic oxidation sites excluding steroid dienone is 4. The predicted octanol–water partition coefficient (Wildman–Crippen LogP) is 5.02. The molecule has 1 aliphatic carbocycles. The molecule has 36 heavy (non-hydrogen) atoms. The Labute approximate surface area is 212 Å². The number of hydrogen-bond donors (Lipinski definition) is 3. The lowest BCUT2D eigenvalue weighted by atomic mass is 10.1. The van der Waals surface area contributed by atoms with E-state index in [-0.39, 0.29) is 30.6 Å². The van der Waals surface area contributed by atoms with Gasteiger partial charge in [-0.15, -0.1) is 0 Å². The normalized spacial score (nSPS) is 15.6. The van der Waals surface area contributed by atoms with Crippen LogP contribution in [0.15, 0.2) is 59.8 Å². The first-order valence-corrected chi connectivity index (χ1v) is 12.2. The zero-order chi connectivity index (χ0) is 25.9. The molecule has 0 fully saturated rings. The number of rotatable bonds is 12. The molecule has 0 amide bonds. The van der Waals surface area contributed by atoms with Crippen LogP contribution in [0.3, 0.4) is 0 Å². The maximum atomic E-state index is 11.3. The molecule has 2 unspecified atom stereocenters. The Morgan fingerprint density at radius 1 is 1.19 bits per heavy atom. The largest absolute Gasteiger partial charge is 0.464 e. The van der Waals surface area contributed by atoms with Crippen LogP contribution >= 0.6 is 0 Å². The van der Waals surface area contributed by atoms with E-state index in [9.17, 15) is 4.79 Å². The van der Waals surface area contributed by atoms with Crippen LogP contribution in [0.4, 0.5) is 23.3 Å². The number of pyridine rings is 1. The standard InChI is InChI=1S/C27H35N7O2/c1-6-22(17-36-19(4)35)32-27-33-25(24(28-5)26(34-27)31-18(2)3)30-16-20-10-9-11-21(14-13-20)23-12-7-8-15-29-23/h7-15,18,20,22H,5-6,16-17H2,1-4H3,(H3,30,31,32,33,34). The van der Waals surface area contributed by atoms with Crippen molar-refractivity contribution in [2.45, 2.75) is 46.2 Å².